The second kappa shape index (κ2) is 8.67. The molecule has 0 aromatic heterocycles. The average molecular weight is 346 g/mol. The molecule has 0 aliphatic carbocycles. The van der Waals surface area contributed by atoms with Crippen LogP contribution in [-0.4, -0.2) is 19.8 Å². The first kappa shape index (κ1) is 18.2. The molecule has 126 valence electrons. The Morgan fingerprint density at radius 3 is 2.33 bits per heavy atom. The Labute approximate surface area is 148 Å². The van der Waals surface area contributed by atoms with Crippen molar-refractivity contribution in [2.45, 2.75) is 12.3 Å². The zero-order chi connectivity index (χ0) is 16.1. The van der Waals surface area contributed by atoms with Crippen LogP contribution >= 0.6 is 12.4 Å². The summed E-state index contributed by atoms with van der Waals surface area (Å²) >= 11 is 0. The molecular weight excluding hydrogens is 325 g/mol. The Hall–Kier alpha value is -2.10. The van der Waals surface area contributed by atoms with E-state index in [1.807, 2.05) is 72.8 Å². The summed E-state index contributed by atoms with van der Waals surface area (Å²) in [5.41, 5.74) is 0.836. The van der Waals surface area contributed by atoms with Crippen molar-refractivity contribution in [1.29, 1.82) is 0 Å². The van der Waals surface area contributed by atoms with Crippen LogP contribution in [0.25, 0.3) is 10.8 Å². The third-order valence-corrected chi connectivity index (χ3v) is 3.86. The third kappa shape index (κ3) is 4.05. The molecule has 2 atom stereocenters. The number of rotatable bonds is 6. The van der Waals surface area contributed by atoms with Gasteiger partial charge in [-0.2, -0.15) is 0 Å². The molecule has 0 fully saturated rings. The van der Waals surface area contributed by atoms with Crippen LogP contribution in [0.15, 0.2) is 72.8 Å². The highest BCUT2D eigenvalue weighted by Crippen LogP contribution is 2.31. The van der Waals surface area contributed by atoms with E-state index in [1.165, 1.54) is 0 Å². The minimum atomic E-state index is -1.14. The van der Waals surface area contributed by atoms with Crippen LogP contribution in [0.4, 0.5) is 4.39 Å². The molecule has 0 saturated heterocycles. The lowest BCUT2D eigenvalue weighted by atomic mass is 10.0. The highest BCUT2D eigenvalue weighted by molar-refractivity contribution is 5.88. The highest BCUT2D eigenvalue weighted by atomic mass is 35.5. The molecule has 2 nitrogen and oxygen atoms in total. The summed E-state index contributed by atoms with van der Waals surface area (Å²) in [5, 5.41) is 4.96. The second-order valence-electron chi connectivity index (χ2n) is 5.50. The summed E-state index contributed by atoms with van der Waals surface area (Å²) in [4.78, 5) is 0. The van der Waals surface area contributed by atoms with E-state index in [2.05, 4.69) is 5.32 Å². The SMILES string of the molecule is CNC[C@@H](F)[C@H](Oc1cccc2ccccc12)c1ccccc1.Cl. The van der Waals surface area contributed by atoms with Crippen molar-refractivity contribution in [2.24, 2.45) is 0 Å². The number of hydrogen-bond donors (Lipinski definition) is 1. The summed E-state index contributed by atoms with van der Waals surface area (Å²) in [6.45, 7) is 0.240. The Morgan fingerprint density at radius 2 is 1.58 bits per heavy atom. The molecule has 3 rings (SSSR count). The van der Waals surface area contributed by atoms with Gasteiger partial charge in [0.15, 0.2) is 12.3 Å². The van der Waals surface area contributed by atoms with Crippen LogP contribution < -0.4 is 10.1 Å². The Balaban J connectivity index is 0.00000208. The van der Waals surface area contributed by atoms with Crippen LogP contribution in [0.2, 0.25) is 0 Å². The maximum Gasteiger partial charge on any atom is 0.156 e. The van der Waals surface area contributed by atoms with Gasteiger partial charge in [0.1, 0.15) is 5.75 Å². The van der Waals surface area contributed by atoms with Crippen LogP contribution in [0, 0.1) is 0 Å². The van der Waals surface area contributed by atoms with Crippen LogP contribution in [-0.2, 0) is 0 Å². The lowest BCUT2D eigenvalue weighted by Crippen LogP contribution is -2.29. The maximum absolute atomic E-state index is 14.7. The summed E-state index contributed by atoms with van der Waals surface area (Å²) in [6, 6.07) is 23.4. The van der Waals surface area contributed by atoms with Gasteiger partial charge in [-0.3, -0.25) is 0 Å². The van der Waals surface area contributed by atoms with Crippen molar-refractivity contribution in [3.63, 3.8) is 0 Å². The molecule has 0 aliphatic rings. The highest BCUT2D eigenvalue weighted by Gasteiger charge is 2.24. The fourth-order valence-corrected chi connectivity index (χ4v) is 2.73. The first-order valence-corrected chi connectivity index (χ1v) is 7.77. The van der Waals surface area contributed by atoms with E-state index in [0.717, 1.165) is 16.3 Å². The third-order valence-electron chi connectivity index (χ3n) is 3.86. The van der Waals surface area contributed by atoms with Gasteiger partial charge in [0, 0.05) is 11.9 Å². The number of fused-ring (bicyclic) bond motifs is 1. The van der Waals surface area contributed by atoms with E-state index in [9.17, 15) is 4.39 Å². The van der Waals surface area contributed by atoms with E-state index >= 15 is 0 Å². The minimum absolute atomic E-state index is 0. The average Bonchev–Trinajstić information content (AvgIpc) is 2.60. The summed E-state index contributed by atoms with van der Waals surface area (Å²) < 4.78 is 20.8. The van der Waals surface area contributed by atoms with E-state index in [4.69, 9.17) is 4.74 Å². The topological polar surface area (TPSA) is 21.3 Å². The molecule has 1 N–H and O–H groups in total. The van der Waals surface area contributed by atoms with Crippen molar-refractivity contribution in [3.05, 3.63) is 78.4 Å². The summed E-state index contributed by atoms with van der Waals surface area (Å²) in [7, 11) is 1.74. The van der Waals surface area contributed by atoms with Gasteiger partial charge in [-0.25, -0.2) is 4.39 Å². The molecule has 3 aromatic rings. The smallest absolute Gasteiger partial charge is 0.156 e. The molecule has 24 heavy (non-hydrogen) atoms. The van der Waals surface area contributed by atoms with Gasteiger partial charge in [-0.1, -0.05) is 66.7 Å². The normalized spacial score (nSPS) is 13.1. The molecular formula is C20H21ClFNO. The van der Waals surface area contributed by atoms with Crippen LogP contribution in [0.1, 0.15) is 11.7 Å². The Morgan fingerprint density at radius 1 is 0.917 bits per heavy atom. The van der Waals surface area contributed by atoms with Crippen molar-refractivity contribution in [2.75, 3.05) is 13.6 Å². The van der Waals surface area contributed by atoms with Crippen molar-refractivity contribution >= 4 is 23.2 Å². The predicted octanol–water partition coefficient (Wildman–Crippen LogP) is 4.94. The fraction of sp³-hybridized carbons (Fsp3) is 0.200. The maximum atomic E-state index is 14.7. The second-order valence-corrected chi connectivity index (χ2v) is 5.50. The number of halogens is 2. The van der Waals surface area contributed by atoms with E-state index in [0.29, 0.717) is 5.75 Å². The van der Waals surface area contributed by atoms with Gasteiger partial charge in [0.25, 0.3) is 0 Å². The lowest BCUT2D eigenvalue weighted by molar-refractivity contribution is 0.102. The molecule has 0 saturated carbocycles. The zero-order valence-electron chi connectivity index (χ0n) is 13.5. The van der Waals surface area contributed by atoms with E-state index < -0.39 is 12.3 Å². The quantitative estimate of drug-likeness (QED) is 0.683. The number of hydrogen-bond acceptors (Lipinski definition) is 2. The first-order valence-electron chi connectivity index (χ1n) is 7.77. The minimum Gasteiger partial charge on any atom is -0.482 e. The van der Waals surface area contributed by atoms with Crippen molar-refractivity contribution in [1.82, 2.24) is 5.32 Å². The molecule has 0 amide bonds. The number of nitrogens with one attached hydrogen (secondary N) is 1. The largest absolute Gasteiger partial charge is 0.482 e. The Bertz CT molecular complexity index is 760. The number of ether oxygens (including phenoxy) is 1. The molecule has 0 aliphatic heterocycles. The van der Waals surface area contributed by atoms with Crippen molar-refractivity contribution in [3.8, 4) is 5.75 Å². The molecule has 0 bridgehead atoms. The summed E-state index contributed by atoms with van der Waals surface area (Å²) in [5.74, 6) is 0.704. The lowest BCUT2D eigenvalue weighted by Gasteiger charge is -2.24. The number of benzene rings is 3. The summed E-state index contributed by atoms with van der Waals surface area (Å²) in [6.07, 6.45) is -1.78. The number of alkyl halides is 1. The van der Waals surface area contributed by atoms with E-state index in [-0.39, 0.29) is 19.0 Å². The predicted molar refractivity (Wildman–Crippen MR) is 99.8 cm³/mol. The molecule has 0 heterocycles. The van der Waals surface area contributed by atoms with Crippen LogP contribution in [0.3, 0.4) is 0 Å². The molecule has 0 spiro atoms. The fourth-order valence-electron chi connectivity index (χ4n) is 2.73. The van der Waals surface area contributed by atoms with Gasteiger partial charge in [-0.05, 0) is 24.1 Å². The zero-order valence-corrected chi connectivity index (χ0v) is 14.3. The standard InChI is InChI=1S/C20H20FNO.ClH/c1-22-14-18(21)20(16-9-3-2-4-10-16)23-19-13-7-11-15-8-5-6-12-17(15)19;/h2-13,18,20,22H,14H2,1H3;1H/t18-,20-;/m1./s1. The first-order chi connectivity index (χ1) is 11.3. The van der Waals surface area contributed by atoms with Gasteiger partial charge in [-0.15, -0.1) is 12.4 Å². The van der Waals surface area contributed by atoms with Crippen molar-refractivity contribution < 1.29 is 9.13 Å². The molecule has 4 heteroatoms. The van der Waals surface area contributed by atoms with Gasteiger partial charge in [0.05, 0.1) is 0 Å². The molecule has 0 unspecified atom stereocenters. The van der Waals surface area contributed by atoms with Gasteiger partial charge in [0.2, 0.25) is 0 Å². The van der Waals surface area contributed by atoms with Crippen LogP contribution in [0.5, 0.6) is 5.75 Å². The molecule has 3 aromatic carbocycles. The monoisotopic (exact) mass is 345 g/mol. The van der Waals surface area contributed by atoms with Gasteiger partial charge < -0.3 is 10.1 Å². The van der Waals surface area contributed by atoms with Gasteiger partial charge >= 0.3 is 0 Å². The Kier molecular flexibility index (Phi) is 6.59. The molecule has 0 radical (unpaired) electrons. The van der Waals surface area contributed by atoms with E-state index in [1.54, 1.807) is 7.05 Å².